The first kappa shape index (κ1) is 26.9. The number of carbonyl (C=O) groups is 2. The van der Waals surface area contributed by atoms with E-state index in [-0.39, 0.29) is 30.5 Å². The zero-order valence-corrected chi connectivity index (χ0v) is 21.7. The van der Waals surface area contributed by atoms with Gasteiger partial charge in [-0.3, -0.25) is 9.59 Å². The molecule has 3 rings (SSSR count). The van der Waals surface area contributed by atoms with Gasteiger partial charge in [0.2, 0.25) is 0 Å². The van der Waals surface area contributed by atoms with E-state index < -0.39 is 35.6 Å². The van der Waals surface area contributed by atoms with Crippen molar-refractivity contribution in [1.29, 1.82) is 0 Å². The number of aryl methyl sites for hydroxylation is 1. The van der Waals surface area contributed by atoms with Crippen LogP contribution in [0.5, 0.6) is 0 Å². The van der Waals surface area contributed by atoms with Gasteiger partial charge in [0, 0.05) is 23.8 Å². The maximum atomic E-state index is 13.1. The van der Waals surface area contributed by atoms with E-state index in [1.165, 1.54) is 0 Å². The van der Waals surface area contributed by atoms with Crippen LogP contribution < -0.4 is 5.32 Å². The number of nitrogens with one attached hydrogen (secondary N) is 1. The number of cyclic esters (lactones) is 1. The molecule has 1 aromatic rings. The SMILES string of the molecule is CC(=Cc1csc(C)n1)[C@H]1C[C@@H]2O[C@H]2CCN[C@H](C)[C@H](O)C(C)C(=O)C(C)(C)[C@H](O)CC(=O)O1. The number of aliphatic hydroxyl groups is 2. The lowest BCUT2D eigenvalue weighted by Crippen LogP contribution is -2.49. The number of hydrogen-bond donors (Lipinski definition) is 3. The third-order valence-electron chi connectivity index (χ3n) is 7.09. The van der Waals surface area contributed by atoms with Gasteiger partial charge >= 0.3 is 5.97 Å². The Bertz CT molecular complexity index is 913. The molecule has 0 spiro atoms. The number of epoxide rings is 1. The van der Waals surface area contributed by atoms with Crippen LogP contribution in [0.15, 0.2) is 11.0 Å². The van der Waals surface area contributed by atoms with Crippen molar-refractivity contribution in [3.05, 3.63) is 21.7 Å². The lowest BCUT2D eigenvalue weighted by Gasteiger charge is -2.34. The van der Waals surface area contributed by atoms with Crippen molar-refractivity contribution in [1.82, 2.24) is 10.3 Å². The van der Waals surface area contributed by atoms with E-state index in [0.717, 1.165) is 22.7 Å². The number of aliphatic hydroxyl groups excluding tert-OH is 2. The highest BCUT2D eigenvalue weighted by atomic mass is 32.1. The molecule has 7 atom stereocenters. The van der Waals surface area contributed by atoms with Crippen LogP contribution in [-0.2, 0) is 19.1 Å². The Balaban J connectivity index is 1.81. The first-order valence-electron chi connectivity index (χ1n) is 12.0. The molecule has 9 heteroatoms. The second kappa shape index (κ2) is 11.0. The van der Waals surface area contributed by atoms with Gasteiger partial charge in [-0.1, -0.05) is 20.8 Å². The largest absolute Gasteiger partial charge is 0.458 e. The average Bonchev–Trinajstić information content (AvgIpc) is 3.38. The number of rotatable bonds is 2. The number of nitrogens with zero attached hydrogens (tertiary/aromatic N) is 1. The minimum absolute atomic E-state index is 0.0323. The molecular weight excluding hydrogens is 456 g/mol. The third kappa shape index (κ3) is 6.51. The maximum absolute atomic E-state index is 13.1. The molecule has 0 radical (unpaired) electrons. The van der Waals surface area contributed by atoms with Gasteiger partial charge in [0.25, 0.3) is 0 Å². The normalized spacial score (nSPS) is 36.0. The van der Waals surface area contributed by atoms with Gasteiger partial charge in [-0.2, -0.15) is 0 Å². The fourth-order valence-electron chi connectivity index (χ4n) is 4.48. The van der Waals surface area contributed by atoms with Crippen molar-refractivity contribution in [2.24, 2.45) is 11.3 Å². The molecule has 2 aliphatic rings. The molecule has 0 aliphatic carbocycles. The molecular formula is C25H38N2O6S. The maximum Gasteiger partial charge on any atom is 0.309 e. The molecule has 8 nitrogen and oxygen atoms in total. The first-order valence-corrected chi connectivity index (χ1v) is 12.9. The van der Waals surface area contributed by atoms with Crippen LogP contribution in [0.4, 0.5) is 0 Å². The first-order chi connectivity index (χ1) is 15.9. The van der Waals surface area contributed by atoms with Crippen molar-refractivity contribution >= 4 is 29.2 Å². The molecule has 1 unspecified atom stereocenters. The predicted molar refractivity (Wildman–Crippen MR) is 130 cm³/mol. The molecule has 3 heterocycles. The van der Waals surface area contributed by atoms with Gasteiger partial charge in [0.1, 0.15) is 11.9 Å². The Morgan fingerprint density at radius 1 is 1.26 bits per heavy atom. The number of carbonyl (C=O) groups excluding carboxylic acids is 2. The second-order valence-corrected chi connectivity index (χ2v) is 11.3. The number of hydrogen-bond acceptors (Lipinski definition) is 9. The van der Waals surface area contributed by atoms with E-state index in [0.29, 0.717) is 13.0 Å². The summed E-state index contributed by atoms with van der Waals surface area (Å²) in [6.07, 6.45) is 0.195. The van der Waals surface area contributed by atoms with Crippen molar-refractivity contribution in [2.75, 3.05) is 6.54 Å². The Morgan fingerprint density at radius 2 is 1.97 bits per heavy atom. The van der Waals surface area contributed by atoms with Gasteiger partial charge in [-0.05, 0) is 45.4 Å². The van der Waals surface area contributed by atoms with Gasteiger partial charge in [-0.15, -0.1) is 11.3 Å². The summed E-state index contributed by atoms with van der Waals surface area (Å²) < 4.78 is 11.6. The van der Waals surface area contributed by atoms with E-state index in [1.807, 2.05) is 32.2 Å². The highest BCUT2D eigenvalue weighted by Crippen LogP contribution is 2.34. The summed E-state index contributed by atoms with van der Waals surface area (Å²) >= 11 is 1.55. The van der Waals surface area contributed by atoms with Crippen LogP contribution >= 0.6 is 11.3 Å². The van der Waals surface area contributed by atoms with Crippen LogP contribution in [0.25, 0.3) is 6.08 Å². The fraction of sp³-hybridized carbons (Fsp3) is 0.720. The number of ether oxygens (including phenoxy) is 2. The second-order valence-electron chi connectivity index (χ2n) is 10.2. The van der Waals surface area contributed by atoms with Crippen LogP contribution in [0.2, 0.25) is 0 Å². The van der Waals surface area contributed by atoms with Crippen LogP contribution in [0.3, 0.4) is 0 Å². The van der Waals surface area contributed by atoms with E-state index in [9.17, 15) is 19.8 Å². The molecule has 0 aromatic carbocycles. The fourth-order valence-corrected chi connectivity index (χ4v) is 5.05. The van der Waals surface area contributed by atoms with Gasteiger partial charge < -0.3 is 25.0 Å². The molecule has 2 saturated heterocycles. The summed E-state index contributed by atoms with van der Waals surface area (Å²) in [4.78, 5) is 30.4. The van der Waals surface area contributed by atoms with Crippen LogP contribution in [-0.4, -0.2) is 70.1 Å². The number of ketones is 1. The van der Waals surface area contributed by atoms with E-state index in [2.05, 4.69) is 10.3 Å². The number of Topliss-reactive ketones (excluding diaryl/α,β-unsaturated/α-hetero) is 1. The summed E-state index contributed by atoms with van der Waals surface area (Å²) in [7, 11) is 0. The summed E-state index contributed by atoms with van der Waals surface area (Å²) in [6, 6.07) is -0.304. The number of fused-ring (bicyclic) bond motifs is 1. The minimum Gasteiger partial charge on any atom is -0.458 e. The highest BCUT2D eigenvalue weighted by molar-refractivity contribution is 7.09. The van der Waals surface area contributed by atoms with Gasteiger partial charge in [-0.25, -0.2) is 4.98 Å². The summed E-state index contributed by atoms with van der Waals surface area (Å²) in [5.74, 6) is -1.58. The molecule has 1 aromatic heterocycles. The van der Waals surface area contributed by atoms with E-state index >= 15 is 0 Å². The summed E-state index contributed by atoms with van der Waals surface area (Å²) in [6.45, 7) is 11.2. The Hall–Kier alpha value is -1.65. The van der Waals surface area contributed by atoms with Crippen molar-refractivity contribution < 1.29 is 29.3 Å². The van der Waals surface area contributed by atoms with E-state index in [4.69, 9.17) is 9.47 Å². The van der Waals surface area contributed by atoms with Crippen LogP contribution in [0.1, 0.15) is 64.6 Å². The van der Waals surface area contributed by atoms with Crippen LogP contribution in [0, 0.1) is 18.3 Å². The summed E-state index contributed by atoms with van der Waals surface area (Å²) in [5.41, 5.74) is 0.440. The Kier molecular flexibility index (Phi) is 8.68. The Morgan fingerprint density at radius 3 is 2.62 bits per heavy atom. The molecule has 0 saturated carbocycles. The zero-order valence-electron chi connectivity index (χ0n) is 20.9. The predicted octanol–water partition coefficient (Wildman–Crippen LogP) is 2.65. The molecule has 3 N–H and O–H groups in total. The highest BCUT2D eigenvalue weighted by Gasteiger charge is 2.44. The standard InChI is InChI=1S/C25H38N2O6S/c1-13(9-17-12-34-16(4)27-17)19-10-20-18(32-20)7-8-26-15(3)23(30)14(2)24(31)25(5,6)21(28)11-22(29)33-19/h9,12,14-15,18-21,23,26,28,30H,7-8,10-11H2,1-6H3/t14?,15-,18+,19-,20+,21-,23-/m1/s1. The average molecular weight is 495 g/mol. The van der Waals surface area contributed by atoms with Gasteiger partial charge in [0.15, 0.2) is 0 Å². The summed E-state index contributed by atoms with van der Waals surface area (Å²) in [5, 5.41) is 27.7. The number of aromatic nitrogens is 1. The lowest BCUT2D eigenvalue weighted by molar-refractivity contribution is -0.154. The third-order valence-corrected chi connectivity index (χ3v) is 7.88. The topological polar surface area (TPSA) is 121 Å². The number of esters is 1. The van der Waals surface area contributed by atoms with Gasteiger partial charge in [0.05, 0.1) is 47.0 Å². The molecule has 34 heavy (non-hydrogen) atoms. The monoisotopic (exact) mass is 494 g/mol. The lowest BCUT2D eigenvalue weighted by atomic mass is 9.74. The zero-order chi connectivity index (χ0) is 25.2. The molecule has 0 amide bonds. The van der Waals surface area contributed by atoms with Crippen molar-refractivity contribution in [2.45, 2.75) is 97.4 Å². The molecule has 2 fully saturated rings. The molecule has 190 valence electrons. The molecule has 2 aliphatic heterocycles. The Labute approximate surface area is 205 Å². The smallest absolute Gasteiger partial charge is 0.309 e. The van der Waals surface area contributed by atoms with Crippen molar-refractivity contribution in [3.63, 3.8) is 0 Å². The van der Waals surface area contributed by atoms with Crippen molar-refractivity contribution in [3.8, 4) is 0 Å². The quantitative estimate of drug-likeness (QED) is 0.424. The molecule has 0 bridgehead atoms. The number of thiazole rings is 1. The van der Waals surface area contributed by atoms with E-state index in [1.54, 1.807) is 32.1 Å². The minimum atomic E-state index is -1.24.